The second kappa shape index (κ2) is 10.9. The lowest BCUT2D eigenvalue weighted by Crippen LogP contribution is -2.16. The highest BCUT2D eigenvalue weighted by Gasteiger charge is 2.17. The number of hydrogen-bond acceptors (Lipinski definition) is 6. The Hall–Kier alpha value is -3.78. The Kier molecular flexibility index (Phi) is 7.49. The number of aryl methyl sites for hydroxylation is 2. The van der Waals surface area contributed by atoms with Gasteiger partial charge in [-0.1, -0.05) is 60.3 Å². The predicted octanol–water partition coefficient (Wildman–Crippen LogP) is 5.20. The first-order valence-electron chi connectivity index (χ1n) is 10.8. The highest BCUT2D eigenvalue weighted by molar-refractivity contribution is 7.99. The molecule has 1 N–H and O–H groups in total. The molecular weight excluding hydrogens is 448 g/mol. The van der Waals surface area contributed by atoms with Crippen molar-refractivity contribution in [1.29, 1.82) is 0 Å². The van der Waals surface area contributed by atoms with E-state index in [9.17, 15) is 4.79 Å². The Morgan fingerprint density at radius 1 is 0.912 bits per heavy atom. The van der Waals surface area contributed by atoms with Crippen molar-refractivity contribution in [3.63, 3.8) is 0 Å². The van der Waals surface area contributed by atoms with Crippen LogP contribution in [0.25, 0.3) is 5.69 Å². The molecule has 0 saturated heterocycles. The van der Waals surface area contributed by atoms with Crippen LogP contribution in [0.2, 0.25) is 0 Å². The Morgan fingerprint density at radius 3 is 2.29 bits per heavy atom. The third-order valence-corrected chi connectivity index (χ3v) is 6.15. The molecule has 1 amide bonds. The van der Waals surface area contributed by atoms with Crippen molar-refractivity contribution in [1.82, 2.24) is 14.8 Å². The number of anilines is 1. The topological polar surface area (TPSA) is 78.3 Å². The van der Waals surface area contributed by atoms with E-state index in [1.807, 2.05) is 91.2 Å². The molecule has 0 spiro atoms. The monoisotopic (exact) mass is 474 g/mol. The molecule has 3 aromatic carbocycles. The maximum absolute atomic E-state index is 12.7. The Labute approximate surface area is 203 Å². The van der Waals surface area contributed by atoms with E-state index in [0.29, 0.717) is 22.5 Å². The number of aromatic nitrogens is 3. The first-order chi connectivity index (χ1) is 16.6. The van der Waals surface area contributed by atoms with Crippen LogP contribution < -0.4 is 14.8 Å². The van der Waals surface area contributed by atoms with Gasteiger partial charge in [-0.15, -0.1) is 10.2 Å². The smallest absolute Gasteiger partial charge is 0.234 e. The Morgan fingerprint density at radius 2 is 1.59 bits per heavy atom. The van der Waals surface area contributed by atoms with Gasteiger partial charge in [0.25, 0.3) is 0 Å². The number of nitrogens with zero attached hydrogens (tertiary/aromatic N) is 3. The van der Waals surface area contributed by atoms with Gasteiger partial charge in [-0.3, -0.25) is 9.36 Å². The second-order valence-corrected chi connectivity index (χ2v) is 8.56. The number of rotatable bonds is 9. The van der Waals surface area contributed by atoms with Gasteiger partial charge in [-0.05, 0) is 49.2 Å². The number of nitrogens with one attached hydrogen (secondary N) is 1. The van der Waals surface area contributed by atoms with E-state index in [4.69, 9.17) is 9.47 Å². The average molecular weight is 475 g/mol. The van der Waals surface area contributed by atoms with E-state index in [1.165, 1.54) is 11.8 Å². The van der Waals surface area contributed by atoms with Crippen molar-refractivity contribution >= 4 is 23.4 Å². The molecule has 0 aliphatic rings. The molecule has 0 atom stereocenters. The zero-order chi connectivity index (χ0) is 23.9. The summed E-state index contributed by atoms with van der Waals surface area (Å²) in [5.41, 5.74) is 3.80. The van der Waals surface area contributed by atoms with Crippen LogP contribution in [0.4, 0.5) is 5.69 Å². The first-order valence-corrected chi connectivity index (χ1v) is 11.8. The molecule has 8 heteroatoms. The zero-order valence-corrected chi connectivity index (χ0v) is 20.1. The Balaban J connectivity index is 1.52. The number of amides is 1. The van der Waals surface area contributed by atoms with Gasteiger partial charge < -0.3 is 14.8 Å². The average Bonchev–Trinajstić information content (AvgIpc) is 3.27. The van der Waals surface area contributed by atoms with Gasteiger partial charge in [0.2, 0.25) is 5.91 Å². The van der Waals surface area contributed by atoms with Crippen LogP contribution in [-0.4, -0.2) is 33.5 Å². The number of carbonyl (C=O) groups is 1. The maximum Gasteiger partial charge on any atom is 0.234 e. The van der Waals surface area contributed by atoms with Gasteiger partial charge in [0.05, 0.1) is 12.9 Å². The minimum Gasteiger partial charge on any atom is -0.493 e. The first kappa shape index (κ1) is 23.4. The lowest BCUT2D eigenvalue weighted by atomic mass is 10.1. The fraction of sp³-hybridized carbons (Fsp3) is 0.192. The summed E-state index contributed by atoms with van der Waals surface area (Å²) in [5, 5.41) is 12.3. The molecule has 0 radical (unpaired) electrons. The second-order valence-electron chi connectivity index (χ2n) is 7.61. The highest BCUT2D eigenvalue weighted by Crippen LogP contribution is 2.28. The molecule has 7 nitrogen and oxygen atoms in total. The van der Waals surface area contributed by atoms with Crippen molar-refractivity contribution < 1.29 is 14.3 Å². The molecule has 34 heavy (non-hydrogen) atoms. The van der Waals surface area contributed by atoms with Gasteiger partial charge in [-0.25, -0.2) is 0 Å². The molecule has 0 unspecified atom stereocenters. The van der Waals surface area contributed by atoms with Crippen LogP contribution in [0.15, 0.2) is 78.0 Å². The standard InChI is InChI=1S/C26H26N4O3S/c1-18-10-9-11-19(2)25(18)27-24(31)17-34-26-29-28-23(30(26)20-12-5-4-6-13-20)16-33-22-15-8-7-14-21(22)32-3/h4-15H,16-17H2,1-3H3,(H,27,31). The van der Waals surface area contributed by atoms with E-state index in [0.717, 1.165) is 22.5 Å². The maximum atomic E-state index is 12.7. The molecule has 4 aromatic rings. The number of methoxy groups -OCH3 is 1. The zero-order valence-electron chi connectivity index (χ0n) is 19.3. The van der Waals surface area contributed by atoms with Crippen molar-refractivity contribution in [2.75, 3.05) is 18.2 Å². The molecule has 1 heterocycles. The number of ether oxygens (including phenoxy) is 2. The van der Waals surface area contributed by atoms with E-state index in [2.05, 4.69) is 15.5 Å². The number of para-hydroxylation sites is 4. The van der Waals surface area contributed by atoms with E-state index in [1.54, 1.807) is 7.11 Å². The van der Waals surface area contributed by atoms with Crippen LogP contribution in [0.3, 0.4) is 0 Å². The number of thioether (sulfide) groups is 1. The fourth-order valence-corrected chi connectivity index (χ4v) is 4.29. The molecule has 0 bridgehead atoms. The van der Waals surface area contributed by atoms with Gasteiger partial charge >= 0.3 is 0 Å². The molecule has 0 saturated carbocycles. The van der Waals surface area contributed by atoms with Gasteiger partial charge in [0.15, 0.2) is 22.5 Å². The fourth-order valence-electron chi connectivity index (χ4n) is 3.52. The molecule has 174 valence electrons. The molecule has 4 rings (SSSR count). The summed E-state index contributed by atoms with van der Waals surface area (Å²) in [5.74, 6) is 1.99. The molecule has 0 aliphatic carbocycles. The minimum atomic E-state index is -0.100. The largest absolute Gasteiger partial charge is 0.493 e. The van der Waals surface area contributed by atoms with Crippen LogP contribution in [0, 0.1) is 13.8 Å². The predicted molar refractivity (Wildman–Crippen MR) is 134 cm³/mol. The van der Waals surface area contributed by atoms with Gasteiger partial charge in [0, 0.05) is 11.4 Å². The SMILES string of the molecule is COc1ccccc1OCc1nnc(SCC(=O)Nc2c(C)cccc2C)n1-c1ccccc1. The van der Waals surface area contributed by atoms with Crippen LogP contribution in [0.1, 0.15) is 17.0 Å². The van der Waals surface area contributed by atoms with Crippen molar-refractivity contribution in [3.8, 4) is 17.2 Å². The molecule has 1 aromatic heterocycles. The number of hydrogen-bond donors (Lipinski definition) is 1. The van der Waals surface area contributed by atoms with Crippen molar-refractivity contribution in [3.05, 3.63) is 89.7 Å². The minimum absolute atomic E-state index is 0.100. The summed E-state index contributed by atoms with van der Waals surface area (Å²) in [6.45, 7) is 4.16. The normalized spacial score (nSPS) is 10.7. The summed E-state index contributed by atoms with van der Waals surface area (Å²) in [6, 6.07) is 23.2. The summed E-state index contributed by atoms with van der Waals surface area (Å²) in [7, 11) is 1.60. The van der Waals surface area contributed by atoms with Crippen molar-refractivity contribution in [2.45, 2.75) is 25.6 Å². The summed E-state index contributed by atoms with van der Waals surface area (Å²) in [4.78, 5) is 12.7. The van der Waals surface area contributed by atoms with E-state index >= 15 is 0 Å². The Bertz CT molecular complexity index is 1250. The lowest BCUT2D eigenvalue weighted by molar-refractivity contribution is -0.113. The van der Waals surface area contributed by atoms with E-state index in [-0.39, 0.29) is 18.3 Å². The van der Waals surface area contributed by atoms with Gasteiger partial charge in [0.1, 0.15) is 6.61 Å². The van der Waals surface area contributed by atoms with Crippen LogP contribution in [-0.2, 0) is 11.4 Å². The molecule has 0 fully saturated rings. The summed E-state index contributed by atoms with van der Waals surface area (Å²) in [6.07, 6.45) is 0. The number of benzene rings is 3. The lowest BCUT2D eigenvalue weighted by Gasteiger charge is -2.13. The van der Waals surface area contributed by atoms with E-state index < -0.39 is 0 Å². The molecular formula is C26H26N4O3S. The summed E-state index contributed by atoms with van der Waals surface area (Å²) < 4.78 is 13.3. The van der Waals surface area contributed by atoms with Crippen LogP contribution >= 0.6 is 11.8 Å². The number of carbonyl (C=O) groups excluding carboxylic acids is 1. The summed E-state index contributed by atoms with van der Waals surface area (Å²) >= 11 is 1.33. The van der Waals surface area contributed by atoms with Crippen molar-refractivity contribution in [2.24, 2.45) is 0 Å². The molecule has 0 aliphatic heterocycles. The third kappa shape index (κ3) is 5.40. The quantitative estimate of drug-likeness (QED) is 0.336. The highest BCUT2D eigenvalue weighted by atomic mass is 32.2. The van der Waals surface area contributed by atoms with Crippen LogP contribution in [0.5, 0.6) is 11.5 Å². The van der Waals surface area contributed by atoms with Gasteiger partial charge in [-0.2, -0.15) is 0 Å². The third-order valence-electron chi connectivity index (χ3n) is 5.22.